The Hall–Kier alpha value is -4.11. The number of allylic oxidation sites excluding steroid dienone is 1. The topological polar surface area (TPSA) is 83.0 Å². The van der Waals surface area contributed by atoms with E-state index in [-0.39, 0.29) is 17.7 Å². The molecule has 1 aliphatic rings. The molecule has 6 rings (SSSR count). The molecule has 0 fully saturated rings. The van der Waals surface area contributed by atoms with Gasteiger partial charge in [0.05, 0.1) is 34.5 Å². The Labute approximate surface area is 254 Å². The maximum absolute atomic E-state index is 14.1. The normalized spacial score (nSPS) is 15.1. The van der Waals surface area contributed by atoms with E-state index in [1.165, 1.54) is 15.9 Å². The Morgan fingerprint density at radius 2 is 1.93 bits per heavy atom. The van der Waals surface area contributed by atoms with Crippen molar-refractivity contribution in [3.8, 4) is 17.1 Å². The van der Waals surface area contributed by atoms with Crippen LogP contribution in [0.15, 0.2) is 92.2 Å². The van der Waals surface area contributed by atoms with Gasteiger partial charge in [-0.05, 0) is 61.0 Å². The van der Waals surface area contributed by atoms with Crippen molar-refractivity contribution < 1.29 is 18.7 Å². The van der Waals surface area contributed by atoms with Gasteiger partial charge < -0.3 is 13.9 Å². The molecule has 0 saturated carbocycles. The highest BCUT2D eigenvalue weighted by molar-refractivity contribution is 7.07. The maximum Gasteiger partial charge on any atom is 0.338 e. The van der Waals surface area contributed by atoms with E-state index in [4.69, 9.17) is 37.1 Å². The van der Waals surface area contributed by atoms with Crippen LogP contribution in [-0.4, -0.2) is 24.3 Å². The summed E-state index contributed by atoms with van der Waals surface area (Å²) in [7, 11) is 1.57. The zero-order valence-corrected chi connectivity index (χ0v) is 25.1. The van der Waals surface area contributed by atoms with Gasteiger partial charge >= 0.3 is 5.97 Å². The van der Waals surface area contributed by atoms with Crippen LogP contribution in [0.4, 0.5) is 0 Å². The number of hydrogen-bond donors (Lipinski definition) is 0. The predicted octanol–water partition coefficient (Wildman–Crippen LogP) is 6.53. The minimum atomic E-state index is -0.832. The maximum atomic E-state index is 14.1. The van der Waals surface area contributed by atoms with Crippen LogP contribution in [0, 0.1) is 0 Å². The molecule has 42 heavy (non-hydrogen) atoms. The van der Waals surface area contributed by atoms with Crippen molar-refractivity contribution in [1.29, 1.82) is 0 Å². The number of carbonyl (C=O) groups is 1. The van der Waals surface area contributed by atoms with E-state index in [1.807, 2.05) is 36.4 Å². The third-order valence-corrected chi connectivity index (χ3v) is 8.58. The summed E-state index contributed by atoms with van der Waals surface area (Å²) in [5.41, 5.74) is 1.74. The zero-order chi connectivity index (χ0) is 29.5. The van der Waals surface area contributed by atoms with Gasteiger partial charge in [-0.2, -0.15) is 0 Å². The molecule has 1 aliphatic heterocycles. The number of rotatable bonds is 6. The highest BCUT2D eigenvalue weighted by Crippen LogP contribution is 2.40. The van der Waals surface area contributed by atoms with Crippen molar-refractivity contribution in [3.63, 3.8) is 0 Å². The molecule has 0 amide bonds. The van der Waals surface area contributed by atoms with Gasteiger partial charge in [-0.1, -0.05) is 64.9 Å². The summed E-state index contributed by atoms with van der Waals surface area (Å²) in [5, 5.41) is 2.81. The van der Waals surface area contributed by atoms with E-state index < -0.39 is 12.0 Å². The molecule has 0 N–H and O–H groups in total. The molecule has 1 atom stereocenters. The summed E-state index contributed by atoms with van der Waals surface area (Å²) in [6.45, 7) is 3.67. The third-order valence-electron chi connectivity index (χ3n) is 7.04. The fourth-order valence-electron chi connectivity index (χ4n) is 5.19. The molecule has 0 spiro atoms. The molecule has 5 aromatic rings. The zero-order valence-electron chi connectivity index (χ0n) is 22.8. The molecular weight excluding hydrogens is 595 g/mol. The lowest BCUT2D eigenvalue weighted by Crippen LogP contribution is -2.40. The number of fused-ring (bicyclic) bond motifs is 2. The highest BCUT2D eigenvalue weighted by atomic mass is 35.5. The van der Waals surface area contributed by atoms with Gasteiger partial charge in [-0.15, -0.1) is 0 Å². The fraction of sp³-hybridized carbons (Fsp3) is 0.156. The van der Waals surface area contributed by atoms with Gasteiger partial charge in [-0.25, -0.2) is 9.79 Å². The summed E-state index contributed by atoms with van der Waals surface area (Å²) in [6.07, 6.45) is 1.66. The van der Waals surface area contributed by atoms with Crippen molar-refractivity contribution in [2.75, 3.05) is 13.7 Å². The van der Waals surface area contributed by atoms with E-state index in [2.05, 4.69) is 4.99 Å². The Kier molecular flexibility index (Phi) is 7.53. The monoisotopic (exact) mass is 618 g/mol. The summed E-state index contributed by atoms with van der Waals surface area (Å²) in [4.78, 5) is 32.7. The van der Waals surface area contributed by atoms with Crippen molar-refractivity contribution in [1.82, 2.24) is 4.57 Å². The number of hydrogen-bond acceptors (Lipinski definition) is 7. The Morgan fingerprint density at radius 3 is 2.71 bits per heavy atom. The molecule has 0 saturated heterocycles. The Balaban J connectivity index is 1.57. The molecular formula is C32H24Cl2N2O5S. The molecule has 0 radical (unpaired) electrons. The second-order valence-corrected chi connectivity index (χ2v) is 11.4. The van der Waals surface area contributed by atoms with Gasteiger partial charge in [0.1, 0.15) is 23.3 Å². The summed E-state index contributed by atoms with van der Waals surface area (Å²) >= 11 is 13.7. The van der Waals surface area contributed by atoms with Crippen molar-refractivity contribution in [2.24, 2.45) is 4.99 Å². The second kappa shape index (κ2) is 11.3. The fourth-order valence-corrected chi connectivity index (χ4v) is 6.60. The van der Waals surface area contributed by atoms with E-state index in [1.54, 1.807) is 57.4 Å². The van der Waals surface area contributed by atoms with Crippen LogP contribution < -0.4 is 19.6 Å². The summed E-state index contributed by atoms with van der Waals surface area (Å²) < 4.78 is 19.2. The molecule has 3 heterocycles. The van der Waals surface area contributed by atoms with E-state index in [0.29, 0.717) is 53.5 Å². The van der Waals surface area contributed by atoms with Crippen LogP contribution in [0.25, 0.3) is 28.2 Å². The molecule has 3 aromatic carbocycles. The predicted molar refractivity (Wildman–Crippen MR) is 165 cm³/mol. The smallest absolute Gasteiger partial charge is 0.338 e. The van der Waals surface area contributed by atoms with Crippen LogP contribution in [0.5, 0.6) is 5.75 Å². The number of halogens is 2. The SMILES string of the molecule is CCOC(=O)C1=C(C)N=c2s/c(=C\c3ccc(-c4cc(Cl)ccc4Cl)o3)c(=O)n2[C@@H]1c1c(OC)ccc2ccccc12. The molecule has 0 unspecified atom stereocenters. The number of nitrogens with zero attached hydrogens (tertiary/aromatic N) is 2. The standard InChI is InChI=1S/C32H24Cl2N2O5S/c1-4-40-31(38)27-17(2)35-32-36(29(27)28-21-8-6-5-7-18(21)9-13-25(28)39-3)30(37)26(42-32)16-20-11-14-24(41-20)22-15-19(33)10-12-23(22)34/h5-16,29H,4H2,1-3H3/b26-16-/t29-/m0/s1. The van der Waals surface area contributed by atoms with E-state index in [0.717, 1.165) is 10.8 Å². The van der Waals surface area contributed by atoms with E-state index in [9.17, 15) is 9.59 Å². The number of thiazole rings is 1. The highest BCUT2D eigenvalue weighted by Gasteiger charge is 2.36. The second-order valence-electron chi connectivity index (χ2n) is 9.53. The Bertz CT molecular complexity index is 2090. The molecule has 0 bridgehead atoms. The van der Waals surface area contributed by atoms with Crippen LogP contribution >= 0.6 is 34.5 Å². The Morgan fingerprint density at radius 1 is 1.12 bits per heavy atom. The third kappa shape index (κ3) is 4.85. The number of benzene rings is 3. The molecule has 7 nitrogen and oxygen atoms in total. The minimum Gasteiger partial charge on any atom is -0.496 e. The van der Waals surface area contributed by atoms with Gasteiger partial charge in [0.2, 0.25) is 0 Å². The largest absolute Gasteiger partial charge is 0.496 e. The lowest BCUT2D eigenvalue weighted by molar-refractivity contribution is -0.139. The molecule has 2 aromatic heterocycles. The first-order chi connectivity index (χ1) is 20.3. The van der Waals surface area contributed by atoms with Crippen LogP contribution in [0.1, 0.15) is 31.2 Å². The van der Waals surface area contributed by atoms with Crippen LogP contribution in [0.3, 0.4) is 0 Å². The first-order valence-corrected chi connectivity index (χ1v) is 14.7. The number of aromatic nitrogens is 1. The lowest BCUT2D eigenvalue weighted by Gasteiger charge is -2.27. The van der Waals surface area contributed by atoms with Crippen molar-refractivity contribution in [3.05, 3.63) is 119 Å². The van der Waals surface area contributed by atoms with Crippen molar-refractivity contribution >= 4 is 57.4 Å². The van der Waals surface area contributed by atoms with E-state index >= 15 is 0 Å². The summed E-state index contributed by atoms with van der Waals surface area (Å²) in [5.74, 6) is 0.966. The number of ether oxygens (including phenoxy) is 2. The molecule has 10 heteroatoms. The molecule has 0 aliphatic carbocycles. The number of furan rings is 1. The van der Waals surface area contributed by atoms with Crippen molar-refractivity contribution in [2.45, 2.75) is 19.9 Å². The lowest BCUT2D eigenvalue weighted by atomic mass is 9.90. The van der Waals surface area contributed by atoms with Gasteiger partial charge in [0, 0.05) is 22.2 Å². The molecule has 212 valence electrons. The van der Waals surface area contributed by atoms with Crippen LogP contribution in [0.2, 0.25) is 10.0 Å². The first-order valence-electron chi connectivity index (χ1n) is 13.1. The average molecular weight is 620 g/mol. The van der Waals surface area contributed by atoms with Gasteiger partial charge in [0.25, 0.3) is 5.56 Å². The number of esters is 1. The number of methoxy groups -OCH3 is 1. The van der Waals surface area contributed by atoms with Gasteiger partial charge in [-0.3, -0.25) is 9.36 Å². The van der Waals surface area contributed by atoms with Crippen LogP contribution in [-0.2, 0) is 9.53 Å². The minimum absolute atomic E-state index is 0.177. The quantitative estimate of drug-likeness (QED) is 0.202. The first kappa shape index (κ1) is 28.0. The average Bonchev–Trinajstić information content (AvgIpc) is 3.57. The number of carbonyl (C=O) groups excluding carboxylic acids is 1. The summed E-state index contributed by atoms with van der Waals surface area (Å²) in [6, 6.07) is 19.4. The van der Waals surface area contributed by atoms with Gasteiger partial charge in [0.15, 0.2) is 4.80 Å².